The summed E-state index contributed by atoms with van der Waals surface area (Å²) < 4.78 is 5.37. The van der Waals surface area contributed by atoms with Crippen LogP contribution in [0.5, 0.6) is 5.75 Å². The molecule has 0 saturated carbocycles. The molecule has 0 unspecified atom stereocenters. The first-order valence-electron chi connectivity index (χ1n) is 7.69. The highest BCUT2D eigenvalue weighted by atomic mass is 16.5. The zero-order chi connectivity index (χ0) is 16.8. The molecule has 1 amide bonds. The highest BCUT2D eigenvalue weighted by molar-refractivity contribution is 5.92. The van der Waals surface area contributed by atoms with Crippen LogP contribution in [0.3, 0.4) is 0 Å². The van der Waals surface area contributed by atoms with Crippen LogP contribution in [0.4, 0.5) is 0 Å². The normalized spacial score (nSPS) is 12.2. The second kappa shape index (κ2) is 7.63. The van der Waals surface area contributed by atoms with Crippen molar-refractivity contribution >= 4 is 12.0 Å². The topological polar surface area (TPSA) is 38.3 Å². The lowest BCUT2D eigenvalue weighted by Crippen LogP contribution is -2.25. The molecule has 1 atom stereocenters. The van der Waals surface area contributed by atoms with Gasteiger partial charge in [-0.2, -0.15) is 0 Å². The van der Waals surface area contributed by atoms with Crippen molar-refractivity contribution in [3.8, 4) is 5.75 Å². The third-order valence-electron chi connectivity index (χ3n) is 3.71. The number of methoxy groups -OCH3 is 1. The summed E-state index contributed by atoms with van der Waals surface area (Å²) in [5.41, 5.74) is 4.32. The number of hydrogen-bond acceptors (Lipinski definition) is 2. The molecule has 23 heavy (non-hydrogen) atoms. The second-order valence-corrected chi connectivity index (χ2v) is 5.72. The van der Waals surface area contributed by atoms with Gasteiger partial charge in [0.1, 0.15) is 5.75 Å². The average Bonchev–Trinajstić information content (AvgIpc) is 2.54. The number of aryl methyl sites for hydroxylation is 2. The lowest BCUT2D eigenvalue weighted by Gasteiger charge is -2.17. The number of rotatable bonds is 5. The van der Waals surface area contributed by atoms with Crippen LogP contribution >= 0.6 is 0 Å². The first kappa shape index (κ1) is 16.8. The van der Waals surface area contributed by atoms with Crippen LogP contribution in [0.25, 0.3) is 6.08 Å². The van der Waals surface area contributed by atoms with E-state index in [0.29, 0.717) is 0 Å². The van der Waals surface area contributed by atoms with Gasteiger partial charge in [-0.3, -0.25) is 4.79 Å². The highest BCUT2D eigenvalue weighted by Crippen LogP contribution is 2.26. The molecule has 0 fully saturated rings. The Morgan fingerprint density at radius 1 is 1.09 bits per heavy atom. The fourth-order valence-corrected chi connectivity index (χ4v) is 2.38. The lowest BCUT2D eigenvalue weighted by atomic mass is 10.0. The van der Waals surface area contributed by atoms with E-state index in [1.807, 2.05) is 69.3 Å². The van der Waals surface area contributed by atoms with Gasteiger partial charge >= 0.3 is 0 Å². The molecule has 120 valence electrons. The molecular weight excluding hydrogens is 286 g/mol. The number of amides is 1. The zero-order valence-electron chi connectivity index (χ0n) is 14.1. The van der Waals surface area contributed by atoms with E-state index in [4.69, 9.17) is 4.74 Å². The Kier molecular flexibility index (Phi) is 5.58. The third-order valence-corrected chi connectivity index (χ3v) is 3.71. The number of carbonyl (C=O) groups is 1. The average molecular weight is 309 g/mol. The van der Waals surface area contributed by atoms with Gasteiger partial charge < -0.3 is 10.1 Å². The smallest absolute Gasteiger partial charge is 0.244 e. The van der Waals surface area contributed by atoms with E-state index in [1.54, 1.807) is 13.2 Å². The number of carbonyl (C=O) groups excluding carboxylic acids is 1. The van der Waals surface area contributed by atoms with Crippen LogP contribution in [-0.4, -0.2) is 13.0 Å². The summed E-state index contributed by atoms with van der Waals surface area (Å²) in [6.45, 7) is 6.01. The summed E-state index contributed by atoms with van der Waals surface area (Å²) in [5, 5.41) is 2.97. The molecule has 2 rings (SSSR count). The largest absolute Gasteiger partial charge is 0.496 e. The van der Waals surface area contributed by atoms with Crippen LogP contribution in [0.15, 0.2) is 48.5 Å². The first-order chi connectivity index (χ1) is 11.0. The minimum absolute atomic E-state index is 0.123. The van der Waals surface area contributed by atoms with Crippen molar-refractivity contribution in [1.29, 1.82) is 0 Å². The quantitative estimate of drug-likeness (QED) is 0.841. The monoisotopic (exact) mass is 309 g/mol. The van der Waals surface area contributed by atoms with Crippen LogP contribution in [-0.2, 0) is 4.79 Å². The molecule has 1 N–H and O–H groups in total. The molecule has 3 heteroatoms. The van der Waals surface area contributed by atoms with E-state index in [2.05, 4.69) is 5.32 Å². The van der Waals surface area contributed by atoms with Gasteiger partial charge in [0.05, 0.1) is 13.2 Å². The molecule has 0 aliphatic carbocycles. The van der Waals surface area contributed by atoms with E-state index in [0.717, 1.165) is 22.4 Å². The Bertz CT molecular complexity index is 702. The molecule has 0 radical (unpaired) electrons. The second-order valence-electron chi connectivity index (χ2n) is 5.72. The van der Waals surface area contributed by atoms with Gasteiger partial charge in [0.15, 0.2) is 0 Å². The predicted molar refractivity (Wildman–Crippen MR) is 94.5 cm³/mol. The Morgan fingerprint density at radius 3 is 2.39 bits per heavy atom. The van der Waals surface area contributed by atoms with Gasteiger partial charge in [-0.05, 0) is 38.5 Å². The number of benzene rings is 2. The van der Waals surface area contributed by atoms with E-state index < -0.39 is 0 Å². The zero-order valence-corrected chi connectivity index (χ0v) is 14.1. The number of hydrogen-bond donors (Lipinski definition) is 1. The van der Waals surface area contributed by atoms with Crippen LogP contribution < -0.4 is 10.1 Å². The summed E-state index contributed by atoms with van der Waals surface area (Å²) in [6.07, 6.45) is 3.37. The van der Waals surface area contributed by atoms with E-state index in [9.17, 15) is 4.79 Å². The maximum atomic E-state index is 12.1. The van der Waals surface area contributed by atoms with Crippen molar-refractivity contribution in [2.75, 3.05) is 7.11 Å². The molecule has 0 saturated heterocycles. The fraction of sp³-hybridized carbons (Fsp3) is 0.250. The molecule has 0 aliphatic heterocycles. The van der Waals surface area contributed by atoms with Gasteiger partial charge in [-0.25, -0.2) is 0 Å². The number of nitrogens with one attached hydrogen (secondary N) is 1. The SMILES string of the molecule is COc1ccc(C)cc1[C@H](C)NC(=O)/C=C/c1ccc(C)cc1. The minimum Gasteiger partial charge on any atom is -0.496 e. The summed E-state index contributed by atoms with van der Waals surface area (Å²) in [6, 6.07) is 13.9. The molecule has 0 aromatic heterocycles. The lowest BCUT2D eigenvalue weighted by molar-refractivity contribution is -0.117. The molecule has 0 aliphatic rings. The van der Waals surface area contributed by atoms with E-state index in [1.165, 1.54) is 5.56 Å². The Balaban J connectivity index is 2.05. The van der Waals surface area contributed by atoms with Crippen LogP contribution in [0.2, 0.25) is 0 Å². The van der Waals surface area contributed by atoms with Crippen molar-refractivity contribution in [3.05, 3.63) is 70.8 Å². The van der Waals surface area contributed by atoms with Gasteiger partial charge in [-0.1, -0.05) is 47.5 Å². The van der Waals surface area contributed by atoms with Crippen molar-refractivity contribution in [3.63, 3.8) is 0 Å². The van der Waals surface area contributed by atoms with Crippen molar-refractivity contribution in [2.24, 2.45) is 0 Å². The molecule has 0 heterocycles. The van der Waals surface area contributed by atoms with Crippen LogP contribution in [0.1, 0.15) is 35.2 Å². The van der Waals surface area contributed by atoms with Gasteiger partial charge in [0.2, 0.25) is 5.91 Å². The number of ether oxygens (including phenoxy) is 1. The summed E-state index contributed by atoms with van der Waals surface area (Å²) in [5.74, 6) is 0.660. The summed E-state index contributed by atoms with van der Waals surface area (Å²) >= 11 is 0. The predicted octanol–water partition coefficient (Wildman–Crippen LogP) is 4.20. The Morgan fingerprint density at radius 2 is 1.74 bits per heavy atom. The standard InChI is InChI=1S/C20H23NO2/c1-14-5-8-17(9-6-14)10-12-20(22)21-16(3)18-13-15(2)7-11-19(18)23-4/h5-13,16H,1-4H3,(H,21,22)/b12-10+/t16-/m0/s1. The van der Waals surface area contributed by atoms with Gasteiger partial charge in [-0.15, -0.1) is 0 Å². The molecule has 0 spiro atoms. The van der Waals surface area contributed by atoms with Crippen molar-refractivity contribution in [2.45, 2.75) is 26.8 Å². The van der Waals surface area contributed by atoms with Crippen LogP contribution in [0, 0.1) is 13.8 Å². The van der Waals surface area contributed by atoms with E-state index in [-0.39, 0.29) is 11.9 Å². The molecule has 3 nitrogen and oxygen atoms in total. The van der Waals surface area contributed by atoms with Gasteiger partial charge in [0.25, 0.3) is 0 Å². The molecular formula is C20H23NO2. The molecule has 2 aromatic carbocycles. The third kappa shape index (κ3) is 4.71. The van der Waals surface area contributed by atoms with E-state index >= 15 is 0 Å². The fourth-order valence-electron chi connectivity index (χ4n) is 2.38. The van der Waals surface area contributed by atoms with Crippen molar-refractivity contribution in [1.82, 2.24) is 5.32 Å². The minimum atomic E-state index is -0.125. The van der Waals surface area contributed by atoms with Crippen molar-refractivity contribution < 1.29 is 9.53 Å². The Hall–Kier alpha value is -2.55. The molecule has 0 bridgehead atoms. The maximum absolute atomic E-state index is 12.1. The Labute approximate surface area is 138 Å². The highest BCUT2D eigenvalue weighted by Gasteiger charge is 2.13. The molecule has 2 aromatic rings. The van der Waals surface area contributed by atoms with Gasteiger partial charge in [0, 0.05) is 11.6 Å². The summed E-state index contributed by atoms with van der Waals surface area (Å²) in [7, 11) is 1.64. The first-order valence-corrected chi connectivity index (χ1v) is 7.69. The summed E-state index contributed by atoms with van der Waals surface area (Å²) in [4.78, 5) is 12.1. The maximum Gasteiger partial charge on any atom is 0.244 e.